The molecule has 0 radical (unpaired) electrons. The summed E-state index contributed by atoms with van der Waals surface area (Å²) >= 11 is 0. The standard InChI is InChI=1S/C20H20N4O2.ClH/c1-11-4-7-15-16(8-11)17(18(25)23-20(21)22)10-24(19(15)26)14-6-5-12(2)13(3)9-14;/h4-10H,1-3H3,(H4,21,22,23,25);1H. The third kappa shape index (κ3) is 3.85. The van der Waals surface area contributed by atoms with Crippen LogP contribution in [0.15, 0.2) is 52.4 Å². The number of halogens is 1. The molecule has 0 fully saturated rings. The zero-order valence-corrected chi connectivity index (χ0v) is 16.1. The van der Waals surface area contributed by atoms with Gasteiger partial charge in [-0.1, -0.05) is 23.8 Å². The van der Waals surface area contributed by atoms with Crippen molar-refractivity contribution in [2.45, 2.75) is 20.8 Å². The number of hydrogen-bond donors (Lipinski definition) is 2. The Balaban J connectivity index is 0.00000261. The summed E-state index contributed by atoms with van der Waals surface area (Å²) in [4.78, 5) is 29.2. The Morgan fingerprint density at radius 2 is 1.67 bits per heavy atom. The van der Waals surface area contributed by atoms with Gasteiger partial charge in [0.1, 0.15) is 0 Å². The number of pyridine rings is 1. The van der Waals surface area contributed by atoms with Gasteiger partial charge in [0.15, 0.2) is 5.96 Å². The number of guanidine groups is 1. The van der Waals surface area contributed by atoms with Crippen molar-refractivity contribution in [2.24, 2.45) is 16.5 Å². The number of rotatable bonds is 2. The Kier molecular flexibility index (Phi) is 5.71. The second-order valence-electron chi connectivity index (χ2n) is 6.38. The molecule has 6 nitrogen and oxygen atoms in total. The lowest BCUT2D eigenvalue weighted by molar-refractivity contribution is 0.100. The van der Waals surface area contributed by atoms with E-state index < -0.39 is 5.91 Å². The molecule has 4 N–H and O–H groups in total. The fraction of sp³-hybridized carbons (Fsp3) is 0.150. The number of aromatic nitrogens is 1. The molecule has 1 aromatic heterocycles. The van der Waals surface area contributed by atoms with Crippen LogP contribution < -0.4 is 17.0 Å². The van der Waals surface area contributed by atoms with Crippen molar-refractivity contribution >= 4 is 35.0 Å². The number of amides is 1. The van der Waals surface area contributed by atoms with Crippen molar-refractivity contribution < 1.29 is 4.79 Å². The first-order valence-corrected chi connectivity index (χ1v) is 8.15. The first-order chi connectivity index (χ1) is 12.3. The van der Waals surface area contributed by atoms with Gasteiger partial charge in [-0.2, -0.15) is 4.99 Å². The SMILES string of the molecule is Cc1ccc2c(=O)n(-c3ccc(C)c(C)c3)cc(C(=O)N=C(N)N)c2c1.Cl. The van der Waals surface area contributed by atoms with Crippen molar-refractivity contribution in [1.82, 2.24) is 4.57 Å². The van der Waals surface area contributed by atoms with Crippen molar-refractivity contribution in [1.29, 1.82) is 0 Å². The Morgan fingerprint density at radius 1 is 0.963 bits per heavy atom. The minimum absolute atomic E-state index is 0. The average Bonchev–Trinajstić information content (AvgIpc) is 2.57. The maximum Gasteiger partial charge on any atom is 0.282 e. The molecule has 0 spiro atoms. The second-order valence-corrected chi connectivity index (χ2v) is 6.38. The molecule has 1 amide bonds. The van der Waals surface area contributed by atoms with Gasteiger partial charge in [-0.05, 0) is 50.1 Å². The van der Waals surface area contributed by atoms with Crippen LogP contribution in [0.3, 0.4) is 0 Å². The van der Waals surface area contributed by atoms with Crippen LogP contribution in [0.2, 0.25) is 0 Å². The number of carbonyl (C=O) groups excluding carboxylic acids is 1. The molecule has 0 bridgehead atoms. The number of nitrogens with zero attached hydrogens (tertiary/aromatic N) is 2. The molecular weight excluding hydrogens is 364 g/mol. The predicted molar refractivity (Wildman–Crippen MR) is 111 cm³/mol. The summed E-state index contributed by atoms with van der Waals surface area (Å²) in [5.41, 5.74) is 14.6. The van der Waals surface area contributed by atoms with Gasteiger partial charge in [0.2, 0.25) is 0 Å². The first-order valence-electron chi connectivity index (χ1n) is 8.15. The third-order valence-corrected chi connectivity index (χ3v) is 4.40. The van der Waals surface area contributed by atoms with E-state index in [1.54, 1.807) is 12.1 Å². The van der Waals surface area contributed by atoms with Crippen molar-refractivity contribution in [3.05, 3.63) is 75.2 Å². The largest absolute Gasteiger partial charge is 0.370 e. The van der Waals surface area contributed by atoms with Gasteiger partial charge >= 0.3 is 0 Å². The van der Waals surface area contributed by atoms with E-state index in [2.05, 4.69) is 4.99 Å². The number of carbonyl (C=O) groups is 1. The summed E-state index contributed by atoms with van der Waals surface area (Å²) in [7, 11) is 0. The molecule has 0 aliphatic heterocycles. The lowest BCUT2D eigenvalue weighted by Crippen LogP contribution is -2.25. The molecular formula is C20H21ClN4O2. The fourth-order valence-corrected chi connectivity index (χ4v) is 2.87. The number of hydrogen-bond acceptors (Lipinski definition) is 2. The fourth-order valence-electron chi connectivity index (χ4n) is 2.87. The van der Waals surface area contributed by atoms with Gasteiger partial charge in [-0.15, -0.1) is 12.4 Å². The highest BCUT2D eigenvalue weighted by Gasteiger charge is 2.16. The Labute approximate surface area is 162 Å². The normalized spacial score (nSPS) is 10.3. The van der Waals surface area contributed by atoms with Crippen LogP contribution in [0.5, 0.6) is 0 Å². The second kappa shape index (κ2) is 7.63. The van der Waals surface area contributed by atoms with E-state index in [0.717, 1.165) is 16.7 Å². The predicted octanol–water partition coefficient (Wildman–Crippen LogP) is 2.75. The third-order valence-electron chi connectivity index (χ3n) is 4.40. The summed E-state index contributed by atoms with van der Waals surface area (Å²) in [6, 6.07) is 11.0. The Bertz CT molecular complexity index is 1130. The smallest absolute Gasteiger partial charge is 0.282 e. The van der Waals surface area contributed by atoms with Crippen LogP contribution in [0.25, 0.3) is 16.5 Å². The van der Waals surface area contributed by atoms with E-state index in [-0.39, 0.29) is 29.5 Å². The molecule has 0 unspecified atom stereocenters. The number of aryl methyl sites for hydroxylation is 3. The monoisotopic (exact) mass is 384 g/mol. The molecule has 3 aromatic rings. The molecule has 7 heteroatoms. The van der Waals surface area contributed by atoms with Gasteiger partial charge < -0.3 is 11.5 Å². The van der Waals surface area contributed by atoms with Crippen LogP contribution in [0.1, 0.15) is 27.0 Å². The van der Waals surface area contributed by atoms with Gasteiger partial charge in [0, 0.05) is 22.7 Å². The maximum absolute atomic E-state index is 13.0. The molecule has 0 saturated heterocycles. The molecule has 0 atom stereocenters. The van der Waals surface area contributed by atoms with Crippen LogP contribution in [0, 0.1) is 20.8 Å². The van der Waals surface area contributed by atoms with Crippen molar-refractivity contribution in [3.8, 4) is 5.69 Å². The summed E-state index contributed by atoms with van der Waals surface area (Å²) in [6.07, 6.45) is 1.50. The number of benzene rings is 2. The van der Waals surface area contributed by atoms with E-state index in [1.165, 1.54) is 10.8 Å². The van der Waals surface area contributed by atoms with Crippen molar-refractivity contribution in [3.63, 3.8) is 0 Å². The number of fused-ring (bicyclic) bond motifs is 1. The summed E-state index contributed by atoms with van der Waals surface area (Å²) < 4.78 is 1.46. The summed E-state index contributed by atoms with van der Waals surface area (Å²) in [6.45, 7) is 5.86. The number of nitrogens with two attached hydrogens (primary N) is 2. The van der Waals surface area contributed by atoms with E-state index in [9.17, 15) is 9.59 Å². The molecule has 0 aliphatic rings. The number of aliphatic imine (C=N–C) groups is 1. The minimum Gasteiger partial charge on any atom is -0.370 e. The zero-order chi connectivity index (χ0) is 19.0. The van der Waals surface area contributed by atoms with Gasteiger partial charge in [0.05, 0.1) is 5.56 Å². The molecule has 0 saturated carbocycles. The molecule has 1 heterocycles. The van der Waals surface area contributed by atoms with Crippen LogP contribution in [-0.2, 0) is 0 Å². The molecule has 27 heavy (non-hydrogen) atoms. The first kappa shape index (κ1) is 20.2. The van der Waals surface area contributed by atoms with Gasteiger partial charge in [-0.3, -0.25) is 14.2 Å². The van der Waals surface area contributed by atoms with E-state index in [0.29, 0.717) is 16.5 Å². The van der Waals surface area contributed by atoms with Crippen LogP contribution in [0.4, 0.5) is 0 Å². The lowest BCUT2D eigenvalue weighted by atomic mass is 10.0. The van der Waals surface area contributed by atoms with Gasteiger partial charge in [0.25, 0.3) is 11.5 Å². The van der Waals surface area contributed by atoms with Crippen LogP contribution >= 0.6 is 12.4 Å². The lowest BCUT2D eigenvalue weighted by Gasteiger charge is -2.12. The van der Waals surface area contributed by atoms with E-state index in [1.807, 2.05) is 45.0 Å². The van der Waals surface area contributed by atoms with Crippen LogP contribution in [-0.4, -0.2) is 16.4 Å². The topological polar surface area (TPSA) is 103 Å². The molecule has 0 aliphatic carbocycles. The average molecular weight is 385 g/mol. The van der Waals surface area contributed by atoms with Crippen molar-refractivity contribution in [2.75, 3.05) is 0 Å². The molecule has 2 aromatic carbocycles. The highest BCUT2D eigenvalue weighted by atomic mass is 35.5. The Morgan fingerprint density at radius 3 is 2.30 bits per heavy atom. The van der Waals surface area contributed by atoms with E-state index in [4.69, 9.17) is 11.5 Å². The summed E-state index contributed by atoms with van der Waals surface area (Å²) in [5, 5.41) is 0.968. The minimum atomic E-state index is -0.585. The highest BCUT2D eigenvalue weighted by Crippen LogP contribution is 2.21. The quantitative estimate of drug-likeness (QED) is 0.523. The highest BCUT2D eigenvalue weighted by molar-refractivity contribution is 6.10. The summed E-state index contributed by atoms with van der Waals surface area (Å²) in [5.74, 6) is -0.905. The zero-order valence-electron chi connectivity index (χ0n) is 15.3. The Hall–Kier alpha value is -3.12. The molecule has 3 rings (SSSR count). The van der Waals surface area contributed by atoms with Gasteiger partial charge in [-0.25, -0.2) is 0 Å². The van der Waals surface area contributed by atoms with E-state index >= 15 is 0 Å². The molecule has 140 valence electrons. The maximum atomic E-state index is 13.0.